The molecular formula is C17H11NO2. The Balaban J connectivity index is 2.35. The summed E-state index contributed by atoms with van der Waals surface area (Å²) in [5, 5.41) is 3.00. The van der Waals surface area contributed by atoms with Gasteiger partial charge in [-0.1, -0.05) is 24.3 Å². The second-order valence-corrected chi connectivity index (χ2v) is 4.85. The molecule has 0 aliphatic carbocycles. The molecule has 0 fully saturated rings. The smallest absolute Gasteiger partial charge is 0.201 e. The van der Waals surface area contributed by atoms with Gasteiger partial charge in [0.15, 0.2) is 0 Å². The summed E-state index contributed by atoms with van der Waals surface area (Å²) in [7, 11) is 0. The summed E-state index contributed by atoms with van der Waals surface area (Å²) >= 11 is 0. The molecule has 0 amide bonds. The van der Waals surface area contributed by atoms with Gasteiger partial charge in [-0.25, -0.2) is 0 Å². The van der Waals surface area contributed by atoms with Crippen molar-refractivity contribution >= 4 is 38.4 Å². The van der Waals surface area contributed by atoms with Crippen molar-refractivity contribution in [3.63, 3.8) is 0 Å². The highest BCUT2D eigenvalue weighted by Gasteiger charge is 2.10. The molecule has 96 valence electrons. The number of benzene rings is 3. The summed E-state index contributed by atoms with van der Waals surface area (Å²) in [6.07, 6.45) is 0. The molecule has 2 N–H and O–H groups in total. The number of nitrogens with two attached hydrogens (primary N) is 1. The Morgan fingerprint density at radius 2 is 1.65 bits per heavy atom. The van der Waals surface area contributed by atoms with Gasteiger partial charge >= 0.3 is 0 Å². The molecule has 0 aliphatic rings. The Labute approximate surface area is 114 Å². The molecule has 0 saturated carbocycles. The first-order valence-electron chi connectivity index (χ1n) is 6.38. The molecule has 0 spiro atoms. The highest BCUT2D eigenvalue weighted by molar-refractivity contribution is 6.08. The van der Waals surface area contributed by atoms with E-state index in [9.17, 15) is 4.79 Å². The normalized spacial score (nSPS) is 11.4. The van der Waals surface area contributed by atoms with E-state index in [2.05, 4.69) is 0 Å². The van der Waals surface area contributed by atoms with E-state index in [1.807, 2.05) is 42.5 Å². The third kappa shape index (κ3) is 1.43. The maximum absolute atomic E-state index is 12.7. The lowest BCUT2D eigenvalue weighted by Gasteiger charge is -2.05. The van der Waals surface area contributed by atoms with Crippen LogP contribution in [0.15, 0.2) is 63.8 Å². The number of fused-ring (bicyclic) bond motifs is 4. The van der Waals surface area contributed by atoms with Crippen LogP contribution in [0.1, 0.15) is 0 Å². The zero-order valence-corrected chi connectivity index (χ0v) is 10.6. The van der Waals surface area contributed by atoms with Crippen LogP contribution < -0.4 is 11.2 Å². The number of nitrogen functional groups attached to an aromatic ring is 1. The maximum Gasteiger partial charge on any atom is 0.201 e. The van der Waals surface area contributed by atoms with Gasteiger partial charge in [0.05, 0.1) is 10.8 Å². The summed E-state index contributed by atoms with van der Waals surface area (Å²) in [6, 6.07) is 16.6. The van der Waals surface area contributed by atoms with Crippen LogP contribution in [0, 0.1) is 0 Å². The fourth-order valence-electron chi connectivity index (χ4n) is 2.63. The minimum absolute atomic E-state index is 0.0157. The molecule has 0 atom stereocenters. The molecular weight excluding hydrogens is 250 g/mol. The van der Waals surface area contributed by atoms with Crippen molar-refractivity contribution in [2.45, 2.75) is 0 Å². The molecule has 3 aromatic carbocycles. The average Bonchev–Trinajstić information content (AvgIpc) is 2.47. The van der Waals surface area contributed by atoms with E-state index in [0.29, 0.717) is 27.6 Å². The third-order valence-corrected chi connectivity index (χ3v) is 3.59. The Bertz CT molecular complexity index is 1030. The second kappa shape index (κ2) is 3.84. The SMILES string of the molecule is Nc1ccc2ccc3oc4ccccc4c(=O)c3c2c1. The molecule has 0 unspecified atom stereocenters. The Hall–Kier alpha value is -2.81. The summed E-state index contributed by atoms with van der Waals surface area (Å²) in [5.41, 5.74) is 7.66. The Morgan fingerprint density at radius 1 is 0.850 bits per heavy atom. The fourth-order valence-corrected chi connectivity index (χ4v) is 2.63. The van der Waals surface area contributed by atoms with Gasteiger partial charge in [-0.2, -0.15) is 0 Å². The van der Waals surface area contributed by atoms with E-state index in [4.69, 9.17) is 10.2 Å². The minimum Gasteiger partial charge on any atom is -0.456 e. The lowest BCUT2D eigenvalue weighted by molar-refractivity contribution is 0.660. The highest BCUT2D eigenvalue weighted by Crippen LogP contribution is 2.27. The fraction of sp³-hybridized carbons (Fsp3) is 0. The van der Waals surface area contributed by atoms with Gasteiger partial charge in [0, 0.05) is 5.69 Å². The quantitative estimate of drug-likeness (QED) is 0.298. The first-order chi connectivity index (χ1) is 9.74. The topological polar surface area (TPSA) is 56.2 Å². The van der Waals surface area contributed by atoms with Gasteiger partial charge in [-0.15, -0.1) is 0 Å². The van der Waals surface area contributed by atoms with Gasteiger partial charge in [0.1, 0.15) is 11.2 Å². The van der Waals surface area contributed by atoms with Crippen LogP contribution >= 0.6 is 0 Å². The number of rotatable bonds is 0. The standard InChI is InChI=1S/C17H11NO2/c18-11-7-5-10-6-8-15-16(13(10)9-11)17(19)12-3-1-2-4-14(12)20-15/h1-9H,18H2. The number of anilines is 1. The van der Waals surface area contributed by atoms with E-state index in [-0.39, 0.29) is 5.43 Å². The van der Waals surface area contributed by atoms with Gasteiger partial charge in [-0.3, -0.25) is 4.79 Å². The molecule has 4 rings (SSSR count). The molecule has 3 heteroatoms. The van der Waals surface area contributed by atoms with E-state index in [1.165, 1.54) is 0 Å². The first kappa shape index (κ1) is 11.1. The highest BCUT2D eigenvalue weighted by atomic mass is 16.3. The molecule has 1 aromatic heterocycles. The number of hydrogen-bond acceptors (Lipinski definition) is 3. The van der Waals surface area contributed by atoms with Crippen molar-refractivity contribution in [2.24, 2.45) is 0 Å². The average molecular weight is 261 g/mol. The van der Waals surface area contributed by atoms with Crippen LogP contribution in [0.5, 0.6) is 0 Å². The first-order valence-corrected chi connectivity index (χ1v) is 6.38. The molecule has 4 aromatic rings. The molecule has 0 radical (unpaired) electrons. The van der Waals surface area contributed by atoms with Crippen LogP contribution in [0.4, 0.5) is 5.69 Å². The Morgan fingerprint density at radius 3 is 2.55 bits per heavy atom. The zero-order chi connectivity index (χ0) is 13.7. The summed E-state index contributed by atoms with van der Waals surface area (Å²) in [6.45, 7) is 0. The molecule has 20 heavy (non-hydrogen) atoms. The second-order valence-electron chi connectivity index (χ2n) is 4.85. The van der Waals surface area contributed by atoms with Crippen molar-refractivity contribution in [2.75, 3.05) is 5.73 Å². The van der Waals surface area contributed by atoms with Crippen LogP contribution in [-0.2, 0) is 0 Å². The van der Waals surface area contributed by atoms with E-state index >= 15 is 0 Å². The van der Waals surface area contributed by atoms with E-state index in [0.717, 1.165) is 10.8 Å². The predicted molar refractivity (Wildman–Crippen MR) is 81.9 cm³/mol. The van der Waals surface area contributed by atoms with Gasteiger partial charge < -0.3 is 10.2 Å². The van der Waals surface area contributed by atoms with Crippen molar-refractivity contribution in [1.82, 2.24) is 0 Å². The summed E-state index contributed by atoms with van der Waals surface area (Å²) < 4.78 is 5.83. The third-order valence-electron chi connectivity index (χ3n) is 3.59. The van der Waals surface area contributed by atoms with Crippen molar-refractivity contribution in [1.29, 1.82) is 0 Å². The Kier molecular flexibility index (Phi) is 2.12. The van der Waals surface area contributed by atoms with Gasteiger partial charge in [0.2, 0.25) is 5.43 Å². The minimum atomic E-state index is -0.0157. The van der Waals surface area contributed by atoms with Crippen LogP contribution in [0.2, 0.25) is 0 Å². The summed E-state index contributed by atoms with van der Waals surface area (Å²) in [4.78, 5) is 12.7. The van der Waals surface area contributed by atoms with E-state index < -0.39 is 0 Å². The monoisotopic (exact) mass is 261 g/mol. The molecule has 3 nitrogen and oxygen atoms in total. The van der Waals surface area contributed by atoms with Crippen molar-refractivity contribution < 1.29 is 4.42 Å². The van der Waals surface area contributed by atoms with Crippen LogP contribution in [0.3, 0.4) is 0 Å². The van der Waals surface area contributed by atoms with Crippen LogP contribution in [0.25, 0.3) is 32.7 Å². The summed E-state index contributed by atoms with van der Waals surface area (Å²) in [5.74, 6) is 0. The maximum atomic E-state index is 12.7. The molecule has 0 bridgehead atoms. The largest absolute Gasteiger partial charge is 0.456 e. The predicted octanol–water partition coefficient (Wildman–Crippen LogP) is 3.68. The molecule has 0 saturated heterocycles. The van der Waals surface area contributed by atoms with Crippen molar-refractivity contribution in [3.8, 4) is 0 Å². The van der Waals surface area contributed by atoms with Crippen molar-refractivity contribution in [3.05, 3.63) is 64.8 Å². The van der Waals surface area contributed by atoms with E-state index in [1.54, 1.807) is 12.1 Å². The van der Waals surface area contributed by atoms with Gasteiger partial charge in [0.25, 0.3) is 0 Å². The number of para-hydroxylation sites is 1. The zero-order valence-electron chi connectivity index (χ0n) is 10.6. The lowest BCUT2D eigenvalue weighted by atomic mass is 10.0. The lowest BCUT2D eigenvalue weighted by Crippen LogP contribution is -2.02. The van der Waals surface area contributed by atoms with Crippen LogP contribution in [-0.4, -0.2) is 0 Å². The molecule has 0 aliphatic heterocycles. The van der Waals surface area contributed by atoms with Gasteiger partial charge in [-0.05, 0) is 41.1 Å². The number of hydrogen-bond donors (Lipinski definition) is 1. The molecule has 1 heterocycles.